The Labute approximate surface area is 164 Å². The van der Waals surface area contributed by atoms with Crippen molar-refractivity contribution in [2.24, 2.45) is 4.99 Å². The van der Waals surface area contributed by atoms with E-state index >= 15 is 0 Å². The highest BCUT2D eigenvalue weighted by Gasteiger charge is 2.23. The second kappa shape index (κ2) is 8.05. The van der Waals surface area contributed by atoms with Gasteiger partial charge in [-0.3, -0.25) is 9.78 Å². The summed E-state index contributed by atoms with van der Waals surface area (Å²) < 4.78 is 5.79. The Bertz CT molecular complexity index is 968. The molecule has 1 aliphatic rings. The van der Waals surface area contributed by atoms with Gasteiger partial charge in [0, 0.05) is 19.3 Å². The van der Waals surface area contributed by atoms with Crippen LogP contribution in [-0.2, 0) is 17.8 Å². The van der Waals surface area contributed by atoms with Gasteiger partial charge in [0.25, 0.3) is 11.9 Å². The molecule has 0 saturated carbocycles. The minimum atomic E-state index is -0.408. The Morgan fingerprint density at radius 1 is 0.964 bits per heavy atom. The van der Waals surface area contributed by atoms with Crippen LogP contribution in [0.3, 0.4) is 0 Å². The molecule has 5 heteroatoms. The van der Waals surface area contributed by atoms with E-state index in [1.807, 2.05) is 36.1 Å². The van der Waals surface area contributed by atoms with E-state index in [9.17, 15) is 4.79 Å². The Morgan fingerprint density at radius 2 is 1.57 bits per heavy atom. The second-order valence-corrected chi connectivity index (χ2v) is 6.52. The summed E-state index contributed by atoms with van der Waals surface area (Å²) in [4.78, 5) is 23.0. The molecule has 1 aliphatic heterocycles. The summed E-state index contributed by atoms with van der Waals surface area (Å²) in [5, 5.41) is 0. The number of carbonyl (C=O) groups excluding carboxylic acids is 1. The predicted octanol–water partition coefficient (Wildman–Crippen LogP) is 4.30. The van der Waals surface area contributed by atoms with Crippen molar-refractivity contribution < 1.29 is 9.53 Å². The first-order chi connectivity index (χ1) is 13.8. The first-order valence-electron chi connectivity index (χ1n) is 9.34. The fraction of sp³-hybridized carbons (Fsp3) is 0.174. The number of amidine groups is 1. The molecule has 0 N–H and O–H groups in total. The maximum atomic E-state index is 12.6. The normalized spacial score (nSPS) is 13.3. The Morgan fingerprint density at radius 3 is 2.14 bits per heavy atom. The number of pyridine rings is 1. The van der Waals surface area contributed by atoms with Crippen molar-refractivity contribution in [3.63, 3.8) is 0 Å². The summed E-state index contributed by atoms with van der Waals surface area (Å²) in [6.45, 7) is 3.53. The van der Waals surface area contributed by atoms with Crippen LogP contribution in [0.1, 0.15) is 28.5 Å². The van der Waals surface area contributed by atoms with Gasteiger partial charge in [-0.15, -0.1) is 0 Å². The third-order valence-corrected chi connectivity index (χ3v) is 4.67. The molecule has 2 aromatic carbocycles. The molecule has 0 bridgehead atoms. The molecule has 0 atom stereocenters. The van der Waals surface area contributed by atoms with E-state index in [0.29, 0.717) is 31.4 Å². The fourth-order valence-electron chi connectivity index (χ4n) is 3.40. The van der Waals surface area contributed by atoms with Crippen molar-refractivity contribution in [3.8, 4) is 11.1 Å². The van der Waals surface area contributed by atoms with E-state index in [0.717, 1.165) is 0 Å². The lowest BCUT2D eigenvalue weighted by atomic mass is 9.97. The molecule has 0 aliphatic carbocycles. The zero-order valence-corrected chi connectivity index (χ0v) is 15.7. The van der Waals surface area contributed by atoms with E-state index in [1.54, 1.807) is 24.4 Å². The van der Waals surface area contributed by atoms with Crippen LogP contribution in [0.25, 0.3) is 11.1 Å². The molecule has 5 nitrogen and oxygen atoms in total. The van der Waals surface area contributed by atoms with Crippen LogP contribution < -0.4 is 0 Å². The number of fused-ring (bicyclic) bond motifs is 3. The number of ether oxygens (including phenoxy) is 1. The molecule has 0 unspecified atom stereocenters. The summed E-state index contributed by atoms with van der Waals surface area (Å²) in [5.74, 6) is -0.408. The van der Waals surface area contributed by atoms with Gasteiger partial charge in [-0.2, -0.15) is 4.99 Å². The molecule has 0 saturated heterocycles. The number of benzene rings is 2. The van der Waals surface area contributed by atoms with E-state index in [-0.39, 0.29) is 0 Å². The molecule has 1 amide bonds. The topological polar surface area (TPSA) is 54.8 Å². The number of amides is 1. The highest BCUT2D eigenvalue weighted by atomic mass is 16.5. The van der Waals surface area contributed by atoms with E-state index < -0.39 is 5.91 Å². The molecular weight excluding hydrogens is 350 g/mol. The van der Waals surface area contributed by atoms with Crippen LogP contribution in [0.5, 0.6) is 0 Å². The number of hydrogen-bond donors (Lipinski definition) is 0. The van der Waals surface area contributed by atoms with E-state index in [4.69, 9.17) is 4.74 Å². The van der Waals surface area contributed by atoms with Crippen LogP contribution in [0.15, 0.2) is 77.9 Å². The van der Waals surface area contributed by atoms with Gasteiger partial charge in [-0.05, 0) is 41.3 Å². The van der Waals surface area contributed by atoms with Crippen LogP contribution in [0.4, 0.5) is 0 Å². The van der Waals surface area contributed by atoms with Gasteiger partial charge in [-0.25, -0.2) is 0 Å². The lowest BCUT2D eigenvalue weighted by molar-refractivity contribution is 0.0988. The van der Waals surface area contributed by atoms with E-state index in [2.05, 4.69) is 34.2 Å². The molecular formula is C23H21N3O2. The summed E-state index contributed by atoms with van der Waals surface area (Å²) in [6.07, 6.45) is 1.58. The first kappa shape index (κ1) is 17.9. The standard InChI is InChI=1S/C23H21N3O2/c1-2-28-23(25-22(27)21-13-7-8-14-24-21)26-15-17-9-3-5-11-19(17)20-12-6-4-10-18(20)16-26/h3-14H,2,15-16H2,1H3. The maximum Gasteiger partial charge on any atom is 0.300 e. The molecule has 2 heterocycles. The first-order valence-corrected chi connectivity index (χ1v) is 9.34. The molecule has 0 spiro atoms. The highest BCUT2D eigenvalue weighted by Crippen LogP contribution is 2.32. The largest absolute Gasteiger partial charge is 0.465 e. The van der Waals surface area contributed by atoms with Crippen molar-refractivity contribution in [1.82, 2.24) is 9.88 Å². The average Bonchev–Trinajstić information content (AvgIpc) is 2.91. The van der Waals surface area contributed by atoms with Gasteiger partial charge in [0.05, 0.1) is 6.61 Å². The zero-order chi connectivity index (χ0) is 19.3. The minimum absolute atomic E-state index is 0.301. The monoisotopic (exact) mass is 371 g/mol. The second-order valence-electron chi connectivity index (χ2n) is 6.52. The van der Waals surface area contributed by atoms with Gasteiger partial charge in [0.2, 0.25) is 0 Å². The third-order valence-electron chi connectivity index (χ3n) is 4.67. The van der Waals surface area contributed by atoms with Crippen molar-refractivity contribution in [1.29, 1.82) is 0 Å². The average molecular weight is 371 g/mol. The van der Waals surface area contributed by atoms with Crippen molar-refractivity contribution in [3.05, 3.63) is 89.7 Å². The summed E-state index contributed by atoms with van der Waals surface area (Å²) >= 11 is 0. The summed E-state index contributed by atoms with van der Waals surface area (Å²) in [5.41, 5.74) is 5.05. The smallest absolute Gasteiger partial charge is 0.300 e. The molecule has 140 valence electrons. The summed E-state index contributed by atoms with van der Waals surface area (Å²) in [7, 11) is 0. The Balaban J connectivity index is 1.74. The summed E-state index contributed by atoms with van der Waals surface area (Å²) in [6, 6.07) is 22.2. The molecule has 0 radical (unpaired) electrons. The lowest BCUT2D eigenvalue weighted by Gasteiger charge is -2.24. The van der Waals surface area contributed by atoms with Crippen molar-refractivity contribution in [2.45, 2.75) is 20.0 Å². The molecule has 28 heavy (non-hydrogen) atoms. The molecule has 3 aromatic rings. The molecule has 1 aromatic heterocycles. The SMILES string of the molecule is CCOC(=NC(=O)c1ccccn1)N1Cc2ccccc2-c2ccccc2C1. The minimum Gasteiger partial charge on any atom is -0.465 e. The quantitative estimate of drug-likeness (QED) is 0.498. The Hall–Kier alpha value is -3.47. The van der Waals surface area contributed by atoms with Gasteiger partial charge in [-0.1, -0.05) is 54.6 Å². The number of aliphatic imine (C=N–C) groups is 1. The van der Waals surface area contributed by atoms with Crippen molar-refractivity contribution in [2.75, 3.05) is 6.61 Å². The van der Waals surface area contributed by atoms with Crippen LogP contribution in [0, 0.1) is 0 Å². The van der Waals surface area contributed by atoms with Crippen molar-refractivity contribution >= 4 is 11.9 Å². The number of nitrogens with zero attached hydrogens (tertiary/aromatic N) is 3. The number of aromatic nitrogens is 1. The molecule has 4 rings (SSSR count). The maximum absolute atomic E-state index is 12.6. The van der Waals surface area contributed by atoms with Gasteiger partial charge >= 0.3 is 0 Å². The van der Waals surface area contributed by atoms with Crippen LogP contribution >= 0.6 is 0 Å². The number of hydrogen-bond acceptors (Lipinski definition) is 3. The predicted molar refractivity (Wildman–Crippen MR) is 109 cm³/mol. The zero-order valence-electron chi connectivity index (χ0n) is 15.7. The fourth-order valence-corrected chi connectivity index (χ4v) is 3.40. The number of rotatable bonds is 2. The van der Waals surface area contributed by atoms with Gasteiger partial charge < -0.3 is 9.64 Å². The molecule has 0 fully saturated rings. The Kier molecular flexibility index (Phi) is 5.15. The number of carbonyl (C=O) groups is 1. The van der Waals surface area contributed by atoms with Gasteiger partial charge in [0.15, 0.2) is 0 Å². The van der Waals surface area contributed by atoms with Gasteiger partial charge in [0.1, 0.15) is 5.69 Å². The third kappa shape index (κ3) is 3.64. The van der Waals surface area contributed by atoms with Crippen LogP contribution in [-0.4, -0.2) is 28.4 Å². The van der Waals surface area contributed by atoms with Crippen LogP contribution in [0.2, 0.25) is 0 Å². The lowest BCUT2D eigenvalue weighted by Crippen LogP contribution is -2.32. The highest BCUT2D eigenvalue weighted by molar-refractivity contribution is 6.00. The van der Waals surface area contributed by atoms with E-state index in [1.165, 1.54) is 22.3 Å².